The molecular formula is C31H40N2O12. The standard InChI is InChI=1S/C31H40N2O12/c1-18(2)24(33-30(40)44-16-21-12-8-5-9-13-21)28(38)42-17-23(36)26(37)27-25(32-19(3)34)22(35)14-31(41,45-27)29(39)43-15-20-10-6-4-7-11-20/h4-13,18,22-27,35-37,41H,14-17H2,1-3H3,(H,32,34)(H,33,40). The van der Waals surface area contributed by atoms with Crippen LogP contribution in [0.25, 0.3) is 0 Å². The number of nitrogens with one attached hydrogen (secondary N) is 2. The minimum atomic E-state index is -2.75. The Bertz CT molecular complexity index is 1280. The van der Waals surface area contributed by atoms with Gasteiger partial charge in [-0.05, 0) is 17.0 Å². The Kier molecular flexibility index (Phi) is 12.8. The van der Waals surface area contributed by atoms with Crippen LogP contribution in [-0.2, 0) is 46.5 Å². The monoisotopic (exact) mass is 632 g/mol. The van der Waals surface area contributed by atoms with Gasteiger partial charge in [-0.1, -0.05) is 74.5 Å². The van der Waals surface area contributed by atoms with Crippen molar-refractivity contribution < 1.29 is 58.6 Å². The van der Waals surface area contributed by atoms with Gasteiger partial charge in [0.05, 0.1) is 12.1 Å². The third-order valence-electron chi connectivity index (χ3n) is 7.02. The number of hydrogen-bond acceptors (Lipinski definition) is 12. The van der Waals surface area contributed by atoms with Gasteiger partial charge in [0.25, 0.3) is 5.79 Å². The van der Waals surface area contributed by atoms with Crippen LogP contribution >= 0.6 is 0 Å². The predicted molar refractivity (Wildman–Crippen MR) is 156 cm³/mol. The topological polar surface area (TPSA) is 210 Å². The highest BCUT2D eigenvalue weighted by Gasteiger charge is 2.54. The van der Waals surface area contributed by atoms with E-state index in [0.717, 1.165) is 12.5 Å². The lowest BCUT2D eigenvalue weighted by Gasteiger charge is -2.45. The van der Waals surface area contributed by atoms with Gasteiger partial charge in [-0.15, -0.1) is 0 Å². The summed E-state index contributed by atoms with van der Waals surface area (Å²) in [6.07, 6.45) is -8.86. The number of carbonyl (C=O) groups is 4. The fraction of sp³-hybridized carbons (Fsp3) is 0.484. The zero-order chi connectivity index (χ0) is 33.1. The van der Waals surface area contributed by atoms with Crippen molar-refractivity contribution in [2.75, 3.05) is 6.61 Å². The molecule has 7 atom stereocenters. The smallest absolute Gasteiger partial charge is 0.408 e. The fourth-order valence-electron chi connectivity index (χ4n) is 4.60. The van der Waals surface area contributed by atoms with Gasteiger partial charge in [-0.2, -0.15) is 0 Å². The summed E-state index contributed by atoms with van der Waals surface area (Å²) in [7, 11) is 0. The minimum Gasteiger partial charge on any atom is -0.461 e. The number of hydrogen-bond donors (Lipinski definition) is 6. The van der Waals surface area contributed by atoms with E-state index >= 15 is 0 Å². The molecule has 45 heavy (non-hydrogen) atoms. The molecule has 246 valence electrons. The van der Waals surface area contributed by atoms with Crippen LogP contribution in [0, 0.1) is 5.92 Å². The first-order chi connectivity index (χ1) is 21.3. The number of benzene rings is 2. The highest BCUT2D eigenvalue weighted by atomic mass is 16.7. The van der Waals surface area contributed by atoms with Crippen LogP contribution < -0.4 is 10.6 Å². The zero-order valence-corrected chi connectivity index (χ0v) is 25.2. The van der Waals surface area contributed by atoms with E-state index in [9.17, 15) is 39.6 Å². The molecule has 0 aliphatic carbocycles. The SMILES string of the molecule is CC(=O)NC1C(O)CC(O)(C(=O)OCc2ccccc2)OC1C(O)C(O)COC(=O)C(NC(=O)OCc1ccccc1)C(C)C. The largest absolute Gasteiger partial charge is 0.461 e. The first-order valence-electron chi connectivity index (χ1n) is 14.4. The number of rotatable bonds is 13. The van der Waals surface area contributed by atoms with E-state index in [1.54, 1.807) is 68.4 Å². The molecule has 1 saturated heterocycles. The molecule has 6 N–H and O–H groups in total. The van der Waals surface area contributed by atoms with Gasteiger partial charge in [0.1, 0.15) is 44.2 Å². The van der Waals surface area contributed by atoms with Crippen LogP contribution in [0.4, 0.5) is 4.79 Å². The summed E-state index contributed by atoms with van der Waals surface area (Å²) >= 11 is 0. The highest BCUT2D eigenvalue weighted by molar-refractivity contribution is 5.81. The number of ether oxygens (including phenoxy) is 4. The van der Waals surface area contributed by atoms with Crippen LogP contribution in [0.2, 0.25) is 0 Å². The van der Waals surface area contributed by atoms with E-state index in [1.165, 1.54) is 0 Å². The van der Waals surface area contributed by atoms with Crippen LogP contribution in [0.3, 0.4) is 0 Å². The summed E-state index contributed by atoms with van der Waals surface area (Å²) in [6, 6.07) is 14.9. The van der Waals surface area contributed by atoms with Gasteiger partial charge in [-0.25, -0.2) is 14.4 Å². The second-order valence-electron chi connectivity index (χ2n) is 11.0. The molecule has 1 aliphatic heterocycles. The normalized spacial score (nSPS) is 23.2. The summed E-state index contributed by atoms with van der Waals surface area (Å²) in [5.41, 5.74) is 1.34. The minimum absolute atomic E-state index is 0.0354. The molecule has 7 unspecified atom stereocenters. The maximum atomic E-state index is 12.8. The van der Waals surface area contributed by atoms with E-state index in [0.29, 0.717) is 5.56 Å². The fourth-order valence-corrected chi connectivity index (χ4v) is 4.60. The van der Waals surface area contributed by atoms with Gasteiger partial charge in [0, 0.05) is 13.3 Å². The van der Waals surface area contributed by atoms with Gasteiger partial charge >= 0.3 is 18.0 Å². The van der Waals surface area contributed by atoms with Crippen molar-refractivity contribution in [3.8, 4) is 0 Å². The molecule has 2 aromatic rings. The van der Waals surface area contributed by atoms with E-state index in [4.69, 9.17) is 18.9 Å². The Morgan fingerprint density at radius 3 is 2.02 bits per heavy atom. The first-order valence-corrected chi connectivity index (χ1v) is 14.4. The molecule has 0 bridgehead atoms. The number of esters is 2. The maximum absolute atomic E-state index is 12.8. The van der Waals surface area contributed by atoms with Crippen LogP contribution in [0.1, 0.15) is 38.3 Å². The van der Waals surface area contributed by atoms with E-state index in [1.807, 2.05) is 6.07 Å². The summed E-state index contributed by atoms with van der Waals surface area (Å²) in [5.74, 6) is -6.06. The molecular weight excluding hydrogens is 592 g/mol. The van der Waals surface area contributed by atoms with Crippen molar-refractivity contribution >= 4 is 23.9 Å². The van der Waals surface area contributed by atoms with E-state index in [2.05, 4.69) is 10.6 Å². The van der Waals surface area contributed by atoms with Crippen molar-refractivity contribution in [1.82, 2.24) is 10.6 Å². The molecule has 14 heteroatoms. The Hall–Kier alpha value is -4.08. The predicted octanol–water partition coefficient (Wildman–Crippen LogP) is 0.289. The third-order valence-corrected chi connectivity index (χ3v) is 7.02. The van der Waals surface area contributed by atoms with E-state index < -0.39 is 85.2 Å². The molecule has 2 aromatic carbocycles. The van der Waals surface area contributed by atoms with Crippen molar-refractivity contribution in [2.24, 2.45) is 5.92 Å². The lowest BCUT2D eigenvalue weighted by molar-refractivity contribution is -0.298. The molecule has 3 rings (SSSR count). The van der Waals surface area contributed by atoms with Gasteiger partial charge in [0.2, 0.25) is 5.91 Å². The van der Waals surface area contributed by atoms with E-state index in [-0.39, 0.29) is 13.2 Å². The van der Waals surface area contributed by atoms with Gasteiger partial charge in [0.15, 0.2) is 0 Å². The second-order valence-corrected chi connectivity index (χ2v) is 11.0. The molecule has 0 saturated carbocycles. The second kappa shape index (κ2) is 16.3. The maximum Gasteiger partial charge on any atom is 0.408 e. The Labute approximate surface area is 260 Å². The number of aliphatic hydroxyl groups excluding tert-OH is 3. The molecule has 2 amide bonds. The number of aliphatic hydroxyl groups is 4. The summed E-state index contributed by atoms with van der Waals surface area (Å²) in [5, 5.41) is 48.2. The quantitative estimate of drug-likeness (QED) is 0.130. The summed E-state index contributed by atoms with van der Waals surface area (Å²) < 4.78 is 20.9. The van der Waals surface area contributed by atoms with Crippen molar-refractivity contribution in [3.63, 3.8) is 0 Å². The number of alkyl carbamates (subject to hydrolysis) is 1. The van der Waals surface area contributed by atoms with Crippen molar-refractivity contribution in [3.05, 3.63) is 71.8 Å². The van der Waals surface area contributed by atoms with Crippen LogP contribution in [-0.4, -0.2) is 93.3 Å². The number of carbonyl (C=O) groups excluding carboxylic acids is 4. The lowest BCUT2D eigenvalue weighted by Crippen LogP contribution is -2.67. The summed E-state index contributed by atoms with van der Waals surface area (Å²) in [6.45, 7) is 3.33. The zero-order valence-electron chi connectivity index (χ0n) is 25.2. The summed E-state index contributed by atoms with van der Waals surface area (Å²) in [4.78, 5) is 49.8. The molecule has 14 nitrogen and oxygen atoms in total. The van der Waals surface area contributed by atoms with Gasteiger partial charge in [-0.3, -0.25) is 4.79 Å². The Balaban J connectivity index is 1.63. The number of amides is 2. The lowest BCUT2D eigenvalue weighted by atomic mass is 9.88. The van der Waals surface area contributed by atoms with Crippen LogP contribution in [0.15, 0.2) is 60.7 Å². The Morgan fingerprint density at radius 1 is 0.933 bits per heavy atom. The molecule has 0 radical (unpaired) electrons. The highest BCUT2D eigenvalue weighted by Crippen LogP contribution is 2.31. The first kappa shape index (κ1) is 35.4. The van der Waals surface area contributed by atoms with Gasteiger partial charge < -0.3 is 50.0 Å². The van der Waals surface area contributed by atoms with Crippen molar-refractivity contribution in [2.45, 2.75) is 82.7 Å². The molecule has 0 aromatic heterocycles. The van der Waals surface area contributed by atoms with Crippen LogP contribution in [0.5, 0.6) is 0 Å². The molecule has 1 aliphatic rings. The molecule has 1 fully saturated rings. The molecule has 1 heterocycles. The molecule has 0 spiro atoms. The Morgan fingerprint density at radius 2 is 1.49 bits per heavy atom. The average molecular weight is 633 g/mol. The third kappa shape index (κ3) is 10.2. The average Bonchev–Trinajstić information content (AvgIpc) is 3.01. The van der Waals surface area contributed by atoms with Crippen molar-refractivity contribution in [1.29, 1.82) is 0 Å².